The standard InChI is InChI=1S/C13H14N2O2/c1-9-2-4-10(5-3-9)15-11-6-7-12(16)14(11)8-13(15)17/h2-5,11H,6-8H2,1H3. The Hall–Kier alpha value is -1.84. The summed E-state index contributed by atoms with van der Waals surface area (Å²) in [6.45, 7) is 2.25. The fourth-order valence-electron chi connectivity index (χ4n) is 2.59. The van der Waals surface area contributed by atoms with Gasteiger partial charge in [0.25, 0.3) is 0 Å². The van der Waals surface area contributed by atoms with E-state index in [9.17, 15) is 9.59 Å². The van der Waals surface area contributed by atoms with Crippen molar-refractivity contribution in [1.82, 2.24) is 4.90 Å². The SMILES string of the molecule is Cc1ccc(N2C(=O)CN3C(=O)CCC32)cc1. The van der Waals surface area contributed by atoms with Gasteiger partial charge in [-0.3, -0.25) is 14.5 Å². The van der Waals surface area contributed by atoms with Gasteiger partial charge in [-0.1, -0.05) is 17.7 Å². The molecule has 1 aromatic carbocycles. The Morgan fingerprint density at radius 2 is 1.82 bits per heavy atom. The van der Waals surface area contributed by atoms with Gasteiger partial charge in [0.15, 0.2) is 0 Å². The van der Waals surface area contributed by atoms with E-state index in [2.05, 4.69) is 0 Å². The quantitative estimate of drug-likeness (QED) is 0.729. The summed E-state index contributed by atoms with van der Waals surface area (Å²) in [5.74, 6) is 0.116. The number of hydrogen-bond donors (Lipinski definition) is 0. The number of carbonyl (C=O) groups is 2. The summed E-state index contributed by atoms with van der Waals surface area (Å²) in [7, 11) is 0. The Morgan fingerprint density at radius 3 is 2.53 bits per heavy atom. The molecule has 0 N–H and O–H groups in total. The van der Waals surface area contributed by atoms with Crippen LogP contribution in [0.25, 0.3) is 0 Å². The smallest absolute Gasteiger partial charge is 0.248 e. The average Bonchev–Trinajstić information content (AvgIpc) is 2.81. The highest BCUT2D eigenvalue weighted by Gasteiger charge is 2.44. The number of rotatable bonds is 1. The van der Waals surface area contributed by atoms with Crippen LogP contribution in [0.15, 0.2) is 24.3 Å². The lowest BCUT2D eigenvalue weighted by atomic mass is 10.2. The predicted molar refractivity (Wildman–Crippen MR) is 63.4 cm³/mol. The molecule has 1 aromatic rings. The van der Waals surface area contributed by atoms with Crippen molar-refractivity contribution in [2.24, 2.45) is 0 Å². The number of hydrogen-bond acceptors (Lipinski definition) is 2. The number of aryl methyl sites for hydroxylation is 1. The summed E-state index contributed by atoms with van der Waals surface area (Å²) in [6.07, 6.45) is 1.25. The minimum Gasteiger partial charge on any atom is -0.312 e. The summed E-state index contributed by atoms with van der Waals surface area (Å²) in [6, 6.07) is 7.86. The van der Waals surface area contributed by atoms with Crippen LogP contribution in [0.1, 0.15) is 18.4 Å². The van der Waals surface area contributed by atoms with Gasteiger partial charge in [0.1, 0.15) is 12.7 Å². The molecule has 2 fully saturated rings. The predicted octanol–water partition coefficient (Wildman–Crippen LogP) is 1.29. The van der Waals surface area contributed by atoms with Gasteiger partial charge in [-0.05, 0) is 25.5 Å². The molecule has 2 saturated heterocycles. The van der Waals surface area contributed by atoms with Crippen LogP contribution in [0.2, 0.25) is 0 Å². The first-order valence-electron chi connectivity index (χ1n) is 5.85. The van der Waals surface area contributed by atoms with Crippen LogP contribution in [0, 0.1) is 6.92 Å². The number of amides is 2. The first-order chi connectivity index (χ1) is 8.16. The monoisotopic (exact) mass is 230 g/mol. The molecule has 4 heteroatoms. The van der Waals surface area contributed by atoms with Gasteiger partial charge < -0.3 is 4.90 Å². The van der Waals surface area contributed by atoms with Crippen molar-refractivity contribution in [3.63, 3.8) is 0 Å². The van der Waals surface area contributed by atoms with Crippen LogP contribution in [0.4, 0.5) is 5.69 Å². The fourth-order valence-corrected chi connectivity index (χ4v) is 2.59. The van der Waals surface area contributed by atoms with Crippen LogP contribution in [0.5, 0.6) is 0 Å². The summed E-state index contributed by atoms with van der Waals surface area (Å²) in [5.41, 5.74) is 2.06. The van der Waals surface area contributed by atoms with Crippen molar-refractivity contribution in [2.75, 3.05) is 11.4 Å². The number of benzene rings is 1. The van der Waals surface area contributed by atoms with E-state index in [4.69, 9.17) is 0 Å². The highest BCUT2D eigenvalue weighted by molar-refractivity contribution is 6.02. The molecule has 3 rings (SSSR count). The average molecular weight is 230 g/mol. The van der Waals surface area contributed by atoms with E-state index < -0.39 is 0 Å². The number of nitrogens with zero attached hydrogens (tertiary/aromatic N) is 2. The van der Waals surface area contributed by atoms with Gasteiger partial charge in [0.05, 0.1) is 0 Å². The Morgan fingerprint density at radius 1 is 1.12 bits per heavy atom. The van der Waals surface area contributed by atoms with Crippen molar-refractivity contribution in [3.05, 3.63) is 29.8 Å². The van der Waals surface area contributed by atoms with Gasteiger partial charge in [-0.25, -0.2) is 0 Å². The minimum atomic E-state index is -0.0577. The number of anilines is 1. The lowest BCUT2D eigenvalue weighted by Gasteiger charge is -2.24. The van der Waals surface area contributed by atoms with Gasteiger partial charge >= 0.3 is 0 Å². The van der Waals surface area contributed by atoms with Crippen LogP contribution in [-0.4, -0.2) is 29.4 Å². The van der Waals surface area contributed by atoms with E-state index >= 15 is 0 Å². The highest BCUT2D eigenvalue weighted by atomic mass is 16.2. The Kier molecular flexibility index (Phi) is 2.18. The van der Waals surface area contributed by atoms with E-state index in [0.717, 1.165) is 12.1 Å². The van der Waals surface area contributed by atoms with Crippen molar-refractivity contribution < 1.29 is 9.59 Å². The molecular weight excluding hydrogens is 216 g/mol. The third-order valence-corrected chi connectivity index (χ3v) is 3.48. The zero-order valence-corrected chi connectivity index (χ0v) is 9.72. The molecule has 0 saturated carbocycles. The second-order valence-electron chi connectivity index (χ2n) is 4.64. The lowest BCUT2D eigenvalue weighted by molar-refractivity contribution is -0.129. The first kappa shape index (κ1) is 10.3. The van der Waals surface area contributed by atoms with Crippen molar-refractivity contribution in [1.29, 1.82) is 0 Å². The third-order valence-electron chi connectivity index (χ3n) is 3.48. The van der Waals surface area contributed by atoms with Crippen LogP contribution in [-0.2, 0) is 9.59 Å². The largest absolute Gasteiger partial charge is 0.312 e. The van der Waals surface area contributed by atoms with Gasteiger partial charge in [-0.2, -0.15) is 0 Å². The summed E-state index contributed by atoms with van der Waals surface area (Å²) < 4.78 is 0. The van der Waals surface area contributed by atoms with Crippen molar-refractivity contribution >= 4 is 17.5 Å². The topological polar surface area (TPSA) is 40.6 Å². The summed E-state index contributed by atoms with van der Waals surface area (Å²) in [4.78, 5) is 27.0. The maximum atomic E-state index is 12.0. The number of fused-ring (bicyclic) bond motifs is 1. The molecule has 0 aromatic heterocycles. The molecule has 0 radical (unpaired) electrons. The van der Waals surface area contributed by atoms with Crippen molar-refractivity contribution in [2.45, 2.75) is 25.9 Å². The normalized spacial score (nSPS) is 23.5. The van der Waals surface area contributed by atoms with Gasteiger partial charge in [0.2, 0.25) is 11.8 Å². The third kappa shape index (κ3) is 1.52. The molecule has 2 amide bonds. The molecule has 17 heavy (non-hydrogen) atoms. The minimum absolute atomic E-state index is 0.0203. The molecule has 1 unspecified atom stereocenters. The summed E-state index contributed by atoms with van der Waals surface area (Å²) in [5, 5.41) is 0. The molecule has 2 aliphatic rings. The lowest BCUT2D eigenvalue weighted by Crippen LogP contribution is -2.36. The zero-order chi connectivity index (χ0) is 12.0. The van der Waals surface area contributed by atoms with Crippen LogP contribution in [0.3, 0.4) is 0 Å². The second-order valence-corrected chi connectivity index (χ2v) is 4.64. The Balaban J connectivity index is 1.95. The second kappa shape index (κ2) is 3.58. The molecule has 2 heterocycles. The molecule has 2 aliphatic heterocycles. The molecule has 1 atom stereocenters. The van der Waals surface area contributed by atoms with Crippen molar-refractivity contribution in [3.8, 4) is 0 Å². The highest BCUT2D eigenvalue weighted by Crippen LogP contribution is 2.31. The van der Waals surface area contributed by atoms with E-state index in [-0.39, 0.29) is 24.5 Å². The van der Waals surface area contributed by atoms with Gasteiger partial charge in [-0.15, -0.1) is 0 Å². The van der Waals surface area contributed by atoms with Gasteiger partial charge in [0, 0.05) is 12.1 Å². The first-order valence-corrected chi connectivity index (χ1v) is 5.85. The summed E-state index contributed by atoms with van der Waals surface area (Å²) >= 11 is 0. The fraction of sp³-hybridized carbons (Fsp3) is 0.385. The molecule has 0 bridgehead atoms. The molecule has 88 valence electrons. The number of carbonyl (C=O) groups excluding carboxylic acids is 2. The maximum Gasteiger partial charge on any atom is 0.248 e. The van der Waals surface area contributed by atoms with Crippen LogP contribution >= 0.6 is 0 Å². The Labute approximate surface area is 99.8 Å². The van der Waals surface area contributed by atoms with E-state index in [1.165, 1.54) is 5.56 Å². The molecular formula is C13H14N2O2. The van der Waals surface area contributed by atoms with Crippen LogP contribution < -0.4 is 4.90 Å². The zero-order valence-electron chi connectivity index (χ0n) is 9.72. The molecule has 0 aliphatic carbocycles. The molecule has 4 nitrogen and oxygen atoms in total. The van der Waals surface area contributed by atoms with E-state index in [1.807, 2.05) is 31.2 Å². The van der Waals surface area contributed by atoms with E-state index in [1.54, 1.807) is 9.80 Å². The Bertz CT molecular complexity index is 481. The van der Waals surface area contributed by atoms with E-state index in [0.29, 0.717) is 6.42 Å². The molecule has 0 spiro atoms. The maximum absolute atomic E-state index is 12.0.